The van der Waals surface area contributed by atoms with Gasteiger partial charge in [0.25, 0.3) is 0 Å². The van der Waals surface area contributed by atoms with E-state index in [9.17, 15) is 4.79 Å². The van der Waals surface area contributed by atoms with E-state index in [1.807, 2.05) is 31.3 Å². The van der Waals surface area contributed by atoms with E-state index in [0.717, 1.165) is 63.0 Å². The number of pyridine rings is 1. The molecule has 0 unspecified atom stereocenters. The maximum atomic E-state index is 11.1. The quantitative estimate of drug-likeness (QED) is 0.336. The van der Waals surface area contributed by atoms with Crippen molar-refractivity contribution in [2.24, 2.45) is 5.92 Å². The molecule has 4 heterocycles. The molecule has 2 N–H and O–H groups in total. The molecule has 9 nitrogen and oxygen atoms in total. The van der Waals surface area contributed by atoms with Gasteiger partial charge in [-0.1, -0.05) is 23.2 Å². The standard InChI is InChI=1S/C29H34Cl2N6O3/c1-32-24-4-8-37(9-5-24)29-33-16-25(17-34-29)40-27-11-20(18-36-6-2-19(3-7-36)12-28(38)39)10-26(35-27)21-13-22(30)15-23(31)14-21/h10-11,13-17,19,24,32H,2-9,12,18H2,1H3,(H,38,39). The number of nitrogens with zero attached hydrogens (tertiary/aromatic N) is 5. The first-order valence-electron chi connectivity index (χ1n) is 13.7. The Morgan fingerprint density at radius 1 is 1.00 bits per heavy atom. The summed E-state index contributed by atoms with van der Waals surface area (Å²) in [5.41, 5.74) is 2.52. The van der Waals surface area contributed by atoms with Gasteiger partial charge in [0.2, 0.25) is 11.8 Å². The molecule has 2 saturated heterocycles. The number of halogens is 2. The summed E-state index contributed by atoms with van der Waals surface area (Å²) < 4.78 is 6.15. The Balaban J connectivity index is 1.33. The molecule has 0 aliphatic carbocycles. The topological polar surface area (TPSA) is 104 Å². The highest BCUT2D eigenvalue weighted by atomic mass is 35.5. The minimum Gasteiger partial charge on any atom is -0.481 e. The zero-order valence-electron chi connectivity index (χ0n) is 22.5. The lowest BCUT2D eigenvalue weighted by atomic mass is 9.93. The Labute approximate surface area is 244 Å². The second kappa shape index (κ2) is 13.1. The van der Waals surface area contributed by atoms with Crippen LogP contribution >= 0.6 is 23.2 Å². The Hall–Kier alpha value is -2.98. The van der Waals surface area contributed by atoms with Gasteiger partial charge in [-0.3, -0.25) is 9.69 Å². The molecule has 5 rings (SSSR count). The average molecular weight is 586 g/mol. The Bertz CT molecular complexity index is 1290. The van der Waals surface area contributed by atoms with E-state index in [2.05, 4.69) is 25.1 Å². The number of rotatable bonds is 9. The number of piperidine rings is 2. The molecule has 3 aromatic rings. The number of carboxylic acid groups (broad SMARTS) is 1. The third-order valence-electron chi connectivity index (χ3n) is 7.62. The van der Waals surface area contributed by atoms with E-state index in [0.29, 0.717) is 45.9 Å². The summed E-state index contributed by atoms with van der Waals surface area (Å²) in [7, 11) is 2.00. The summed E-state index contributed by atoms with van der Waals surface area (Å²) in [6.07, 6.45) is 7.45. The molecule has 40 heavy (non-hydrogen) atoms. The first-order chi connectivity index (χ1) is 19.3. The fourth-order valence-electron chi connectivity index (χ4n) is 5.42. The molecule has 0 bridgehead atoms. The number of anilines is 1. The Morgan fingerprint density at radius 2 is 1.68 bits per heavy atom. The molecule has 2 aromatic heterocycles. The summed E-state index contributed by atoms with van der Waals surface area (Å²) >= 11 is 12.6. The number of aromatic nitrogens is 3. The number of benzene rings is 1. The second-order valence-electron chi connectivity index (χ2n) is 10.5. The normalized spacial score (nSPS) is 17.2. The summed E-state index contributed by atoms with van der Waals surface area (Å²) in [5.74, 6) is 1.13. The van der Waals surface area contributed by atoms with Gasteiger partial charge in [0.15, 0.2) is 5.75 Å². The van der Waals surface area contributed by atoms with Gasteiger partial charge in [-0.2, -0.15) is 0 Å². The van der Waals surface area contributed by atoms with Gasteiger partial charge in [-0.15, -0.1) is 0 Å². The number of nitrogens with one attached hydrogen (secondary N) is 1. The van der Waals surface area contributed by atoms with Crippen molar-refractivity contribution in [3.05, 3.63) is 58.3 Å². The van der Waals surface area contributed by atoms with Gasteiger partial charge in [0.1, 0.15) is 0 Å². The highest BCUT2D eigenvalue weighted by Gasteiger charge is 2.22. The van der Waals surface area contributed by atoms with E-state index < -0.39 is 5.97 Å². The van der Waals surface area contributed by atoms with Crippen LogP contribution in [0.4, 0.5) is 5.95 Å². The number of aliphatic carboxylic acids is 1. The van der Waals surface area contributed by atoms with Crippen molar-refractivity contribution in [1.29, 1.82) is 0 Å². The number of hydrogen-bond acceptors (Lipinski definition) is 8. The number of ether oxygens (including phenoxy) is 1. The zero-order valence-corrected chi connectivity index (χ0v) is 24.0. The van der Waals surface area contributed by atoms with Gasteiger partial charge < -0.3 is 20.1 Å². The molecule has 1 aromatic carbocycles. The summed E-state index contributed by atoms with van der Waals surface area (Å²) in [5, 5.41) is 13.5. The molecule has 2 aliphatic heterocycles. The van der Waals surface area contributed by atoms with Gasteiger partial charge in [0, 0.05) is 53.8 Å². The SMILES string of the molecule is CNC1CCN(c2ncc(Oc3cc(CN4CCC(CC(=O)O)CC4)cc(-c4cc(Cl)cc(Cl)c4)n3)cn2)CC1. The molecule has 2 fully saturated rings. The number of hydrogen-bond donors (Lipinski definition) is 2. The molecular formula is C29H34Cl2N6O3. The lowest BCUT2D eigenvalue weighted by Crippen LogP contribution is -2.41. The van der Waals surface area contributed by atoms with Crippen molar-refractivity contribution < 1.29 is 14.6 Å². The fraction of sp³-hybridized carbons (Fsp3) is 0.448. The molecule has 212 valence electrons. The van der Waals surface area contributed by atoms with Crippen LogP contribution in [0.2, 0.25) is 10.0 Å². The minimum absolute atomic E-state index is 0.229. The maximum Gasteiger partial charge on any atom is 0.303 e. The van der Waals surface area contributed by atoms with E-state index in [1.165, 1.54) is 0 Å². The minimum atomic E-state index is -0.727. The number of carboxylic acids is 1. The number of likely N-dealkylation sites (tertiary alicyclic amines) is 1. The highest BCUT2D eigenvalue weighted by molar-refractivity contribution is 6.35. The highest BCUT2D eigenvalue weighted by Crippen LogP contribution is 2.31. The molecular weight excluding hydrogens is 551 g/mol. The van der Waals surface area contributed by atoms with E-state index >= 15 is 0 Å². The fourth-order valence-corrected chi connectivity index (χ4v) is 5.95. The van der Waals surface area contributed by atoms with Crippen LogP contribution in [-0.2, 0) is 11.3 Å². The molecule has 0 atom stereocenters. The van der Waals surface area contributed by atoms with Crippen LogP contribution in [0.5, 0.6) is 11.6 Å². The number of carbonyl (C=O) groups is 1. The van der Waals surface area contributed by atoms with E-state index in [-0.39, 0.29) is 12.3 Å². The Kier molecular flexibility index (Phi) is 9.36. The van der Waals surface area contributed by atoms with Crippen LogP contribution in [0.15, 0.2) is 42.7 Å². The van der Waals surface area contributed by atoms with Crippen LogP contribution in [0, 0.1) is 5.92 Å². The van der Waals surface area contributed by atoms with Crippen molar-refractivity contribution in [3.63, 3.8) is 0 Å². The van der Waals surface area contributed by atoms with Crippen LogP contribution < -0.4 is 15.0 Å². The van der Waals surface area contributed by atoms with Gasteiger partial charge >= 0.3 is 5.97 Å². The first kappa shape index (κ1) is 28.5. The zero-order chi connectivity index (χ0) is 28.1. The van der Waals surface area contributed by atoms with Gasteiger partial charge in [-0.25, -0.2) is 15.0 Å². The average Bonchev–Trinajstić information content (AvgIpc) is 2.94. The van der Waals surface area contributed by atoms with Crippen molar-refractivity contribution in [2.45, 2.75) is 44.7 Å². The molecule has 0 amide bonds. The third-order valence-corrected chi connectivity index (χ3v) is 8.06. The molecule has 0 spiro atoms. The van der Waals surface area contributed by atoms with Crippen LogP contribution in [0.25, 0.3) is 11.3 Å². The predicted octanol–water partition coefficient (Wildman–Crippen LogP) is 5.51. The lowest BCUT2D eigenvalue weighted by Gasteiger charge is -2.31. The molecule has 0 radical (unpaired) electrons. The summed E-state index contributed by atoms with van der Waals surface area (Å²) in [6.45, 7) is 4.20. The summed E-state index contributed by atoms with van der Waals surface area (Å²) in [6, 6.07) is 9.83. The largest absolute Gasteiger partial charge is 0.481 e. The van der Waals surface area contributed by atoms with Crippen molar-refractivity contribution >= 4 is 35.1 Å². The second-order valence-corrected chi connectivity index (χ2v) is 11.4. The van der Waals surface area contributed by atoms with Gasteiger partial charge in [0.05, 0.1) is 18.1 Å². The van der Waals surface area contributed by atoms with Crippen LogP contribution in [-0.4, -0.2) is 70.2 Å². The monoisotopic (exact) mass is 584 g/mol. The van der Waals surface area contributed by atoms with E-state index in [4.69, 9.17) is 38.0 Å². The van der Waals surface area contributed by atoms with Crippen molar-refractivity contribution in [2.75, 3.05) is 38.1 Å². The molecule has 11 heteroatoms. The predicted molar refractivity (Wildman–Crippen MR) is 156 cm³/mol. The van der Waals surface area contributed by atoms with Crippen LogP contribution in [0.3, 0.4) is 0 Å². The Morgan fingerprint density at radius 3 is 2.30 bits per heavy atom. The van der Waals surface area contributed by atoms with Crippen molar-refractivity contribution in [1.82, 2.24) is 25.2 Å². The van der Waals surface area contributed by atoms with Crippen LogP contribution in [0.1, 0.15) is 37.7 Å². The maximum absolute atomic E-state index is 11.1. The smallest absolute Gasteiger partial charge is 0.303 e. The van der Waals surface area contributed by atoms with Crippen molar-refractivity contribution in [3.8, 4) is 22.9 Å². The summed E-state index contributed by atoms with van der Waals surface area (Å²) in [4.78, 5) is 29.5. The lowest BCUT2D eigenvalue weighted by molar-refractivity contribution is -0.138. The molecule has 0 saturated carbocycles. The van der Waals surface area contributed by atoms with Gasteiger partial charge in [-0.05, 0) is 81.6 Å². The molecule has 2 aliphatic rings. The van der Waals surface area contributed by atoms with E-state index in [1.54, 1.807) is 18.5 Å². The first-order valence-corrected chi connectivity index (χ1v) is 14.4. The third kappa shape index (κ3) is 7.60.